The van der Waals surface area contributed by atoms with Crippen LogP contribution in [0.2, 0.25) is 0 Å². The first-order chi connectivity index (χ1) is 16.1. The van der Waals surface area contributed by atoms with E-state index in [0.29, 0.717) is 24.9 Å². The molecule has 2 amide bonds. The second kappa shape index (κ2) is 9.29. The highest BCUT2D eigenvalue weighted by Gasteiger charge is 2.48. The third-order valence-electron chi connectivity index (χ3n) is 6.23. The average molecular weight is 461 g/mol. The minimum atomic E-state index is -0.774. The van der Waals surface area contributed by atoms with Crippen molar-refractivity contribution >= 4 is 28.9 Å². The molecule has 0 radical (unpaired) electrons. The van der Waals surface area contributed by atoms with Crippen LogP contribution in [0.15, 0.2) is 72.1 Å². The van der Waals surface area contributed by atoms with Crippen molar-refractivity contribution in [2.45, 2.75) is 31.0 Å². The summed E-state index contributed by atoms with van der Waals surface area (Å²) in [6.07, 6.45) is 0.749. The Morgan fingerprint density at radius 2 is 1.85 bits per heavy atom. The molecule has 2 saturated heterocycles. The van der Waals surface area contributed by atoms with Crippen LogP contribution >= 0.6 is 11.3 Å². The first-order valence-corrected chi connectivity index (χ1v) is 11.9. The molecule has 1 N–H and O–H groups in total. The van der Waals surface area contributed by atoms with Gasteiger partial charge in [-0.05, 0) is 41.1 Å². The van der Waals surface area contributed by atoms with Crippen molar-refractivity contribution < 1.29 is 19.1 Å². The maximum absolute atomic E-state index is 13.5. The summed E-state index contributed by atoms with van der Waals surface area (Å²) >= 11 is 1.64. The van der Waals surface area contributed by atoms with Crippen LogP contribution in [0.5, 0.6) is 0 Å². The number of nitrogens with one attached hydrogen (secondary N) is 1. The Hall–Kier alpha value is -3.29. The summed E-state index contributed by atoms with van der Waals surface area (Å²) in [6, 6.07) is 19.7. The molecule has 2 aromatic carbocycles. The minimum Gasteiger partial charge on any atom is -0.368 e. The van der Waals surface area contributed by atoms with Crippen LogP contribution in [0.25, 0.3) is 10.4 Å². The van der Waals surface area contributed by atoms with Gasteiger partial charge in [-0.2, -0.15) is 0 Å². The molecule has 1 aromatic heterocycles. The molecule has 2 aliphatic rings. The van der Waals surface area contributed by atoms with Gasteiger partial charge in [-0.1, -0.05) is 48.5 Å². The zero-order valence-electron chi connectivity index (χ0n) is 18.0. The average Bonchev–Trinajstić information content (AvgIpc) is 3.59. The second-order valence-electron chi connectivity index (χ2n) is 8.35. The summed E-state index contributed by atoms with van der Waals surface area (Å²) in [5.74, 6) is -0.625. The van der Waals surface area contributed by atoms with Crippen LogP contribution in [0.4, 0.5) is 0 Å². The second-order valence-corrected chi connectivity index (χ2v) is 9.30. The van der Waals surface area contributed by atoms with Gasteiger partial charge < -0.3 is 15.0 Å². The van der Waals surface area contributed by atoms with Crippen LogP contribution in [-0.2, 0) is 20.7 Å². The topological polar surface area (TPSA) is 75.7 Å². The normalized spacial score (nSPS) is 20.5. The summed E-state index contributed by atoms with van der Waals surface area (Å²) in [5.41, 5.74) is 2.47. The van der Waals surface area contributed by atoms with Crippen LogP contribution in [0.1, 0.15) is 22.3 Å². The number of carbonyl (C=O) groups is 3. The van der Waals surface area contributed by atoms with Gasteiger partial charge in [0.15, 0.2) is 5.78 Å². The number of carbonyl (C=O) groups excluding carboxylic acids is 3. The number of rotatable bonds is 6. The summed E-state index contributed by atoms with van der Waals surface area (Å²) in [7, 11) is 0. The molecule has 3 atom stereocenters. The van der Waals surface area contributed by atoms with E-state index >= 15 is 0 Å². The number of fused-ring (bicyclic) bond motifs is 1. The maximum atomic E-state index is 13.5. The van der Waals surface area contributed by atoms with E-state index in [2.05, 4.69) is 5.32 Å². The highest BCUT2D eigenvalue weighted by molar-refractivity contribution is 7.13. The van der Waals surface area contributed by atoms with Gasteiger partial charge in [-0.15, -0.1) is 11.3 Å². The van der Waals surface area contributed by atoms with E-state index < -0.39 is 12.1 Å². The van der Waals surface area contributed by atoms with Gasteiger partial charge in [0.1, 0.15) is 18.7 Å². The number of hydrogen-bond donors (Lipinski definition) is 1. The molecule has 2 aliphatic heterocycles. The number of hydrogen-bond acceptors (Lipinski definition) is 5. The third-order valence-corrected chi connectivity index (χ3v) is 7.15. The number of nitrogens with zero attached hydrogens (tertiary/aromatic N) is 1. The Balaban J connectivity index is 1.35. The number of ether oxygens (including phenoxy) is 1. The molecule has 33 heavy (non-hydrogen) atoms. The molecular formula is C26H24N2O4S. The van der Waals surface area contributed by atoms with E-state index in [9.17, 15) is 14.4 Å². The number of ketones is 1. The van der Waals surface area contributed by atoms with Crippen molar-refractivity contribution in [3.63, 3.8) is 0 Å². The summed E-state index contributed by atoms with van der Waals surface area (Å²) in [4.78, 5) is 41.6. The number of benzene rings is 2. The molecule has 0 spiro atoms. The zero-order valence-corrected chi connectivity index (χ0v) is 18.8. The number of Topliss-reactive ketones (excluding diaryl/α,β-unsaturated/α-hetero) is 1. The summed E-state index contributed by atoms with van der Waals surface area (Å²) in [6.45, 7) is 0.502. The van der Waals surface area contributed by atoms with Crippen molar-refractivity contribution in [1.82, 2.24) is 10.2 Å². The SMILES string of the molecule is O=C(NC(Cc1ccccc1)C(=O)N1CCC2OCC(=O)C21)c1ccc(-c2cccs2)cc1. The van der Waals surface area contributed by atoms with Crippen molar-refractivity contribution in [2.24, 2.45) is 0 Å². The Labute approximate surface area is 196 Å². The first kappa shape index (κ1) is 21.6. The molecule has 3 aromatic rings. The van der Waals surface area contributed by atoms with E-state index in [0.717, 1.165) is 16.0 Å². The lowest BCUT2D eigenvalue weighted by atomic mass is 10.0. The van der Waals surface area contributed by atoms with Crippen molar-refractivity contribution in [2.75, 3.05) is 13.2 Å². The van der Waals surface area contributed by atoms with Crippen LogP contribution < -0.4 is 5.32 Å². The van der Waals surface area contributed by atoms with Crippen LogP contribution in [0, 0.1) is 0 Å². The van der Waals surface area contributed by atoms with Gasteiger partial charge in [0.05, 0.1) is 6.10 Å². The van der Waals surface area contributed by atoms with Crippen molar-refractivity contribution in [3.8, 4) is 10.4 Å². The predicted octanol–water partition coefficient (Wildman–Crippen LogP) is 3.33. The highest BCUT2D eigenvalue weighted by atomic mass is 32.1. The molecular weight excluding hydrogens is 436 g/mol. The Bertz CT molecular complexity index is 1140. The van der Waals surface area contributed by atoms with Gasteiger partial charge in [-0.25, -0.2) is 0 Å². The molecule has 0 bridgehead atoms. The monoisotopic (exact) mass is 460 g/mol. The van der Waals surface area contributed by atoms with E-state index in [4.69, 9.17) is 4.74 Å². The molecule has 2 fully saturated rings. The van der Waals surface area contributed by atoms with Crippen LogP contribution in [-0.4, -0.2) is 53.8 Å². The third kappa shape index (κ3) is 4.47. The zero-order chi connectivity index (χ0) is 22.8. The lowest BCUT2D eigenvalue weighted by molar-refractivity contribution is -0.138. The predicted molar refractivity (Wildman–Crippen MR) is 126 cm³/mol. The standard InChI is InChI=1S/C26H24N2O4S/c29-21-16-32-22-12-13-28(24(21)22)26(31)20(15-17-5-2-1-3-6-17)27-25(30)19-10-8-18(9-11-19)23-7-4-14-33-23/h1-11,14,20,22,24H,12-13,15-16H2,(H,27,30). The van der Waals surface area contributed by atoms with Crippen molar-refractivity contribution in [3.05, 3.63) is 83.2 Å². The van der Waals surface area contributed by atoms with Crippen LogP contribution in [0.3, 0.4) is 0 Å². The Kier molecular flexibility index (Phi) is 6.07. The molecule has 6 nitrogen and oxygen atoms in total. The summed E-state index contributed by atoms with van der Waals surface area (Å²) < 4.78 is 5.53. The van der Waals surface area contributed by atoms with Gasteiger partial charge in [0.25, 0.3) is 5.91 Å². The number of amides is 2. The van der Waals surface area contributed by atoms with E-state index in [-0.39, 0.29) is 30.3 Å². The molecule has 3 unspecified atom stereocenters. The fourth-order valence-corrected chi connectivity index (χ4v) is 5.29. The fourth-order valence-electron chi connectivity index (χ4n) is 4.56. The highest BCUT2D eigenvalue weighted by Crippen LogP contribution is 2.28. The smallest absolute Gasteiger partial charge is 0.251 e. The van der Waals surface area contributed by atoms with E-state index in [1.807, 2.05) is 60.0 Å². The molecule has 0 aliphatic carbocycles. The van der Waals surface area contributed by atoms with E-state index in [1.54, 1.807) is 28.4 Å². The number of likely N-dealkylation sites (tertiary alicyclic amines) is 1. The Morgan fingerprint density at radius 1 is 1.06 bits per heavy atom. The van der Waals surface area contributed by atoms with Crippen molar-refractivity contribution in [1.29, 1.82) is 0 Å². The lowest BCUT2D eigenvalue weighted by Crippen LogP contribution is -2.53. The van der Waals surface area contributed by atoms with Gasteiger partial charge >= 0.3 is 0 Å². The van der Waals surface area contributed by atoms with Gasteiger partial charge in [0.2, 0.25) is 5.91 Å². The van der Waals surface area contributed by atoms with Gasteiger partial charge in [0, 0.05) is 23.4 Å². The molecule has 0 saturated carbocycles. The van der Waals surface area contributed by atoms with Gasteiger partial charge in [-0.3, -0.25) is 14.4 Å². The largest absolute Gasteiger partial charge is 0.368 e. The number of thiophene rings is 1. The quantitative estimate of drug-likeness (QED) is 0.612. The maximum Gasteiger partial charge on any atom is 0.251 e. The molecule has 5 rings (SSSR count). The fraction of sp³-hybridized carbons (Fsp3) is 0.269. The molecule has 3 heterocycles. The van der Waals surface area contributed by atoms with E-state index in [1.165, 1.54) is 0 Å². The Morgan fingerprint density at radius 3 is 2.58 bits per heavy atom. The molecule has 7 heteroatoms. The minimum absolute atomic E-state index is 0.0470. The first-order valence-electron chi connectivity index (χ1n) is 11.0. The molecule has 168 valence electrons. The lowest BCUT2D eigenvalue weighted by Gasteiger charge is -2.27. The summed E-state index contributed by atoms with van der Waals surface area (Å²) in [5, 5.41) is 4.94.